The molecule has 1 aromatic rings. The van der Waals surface area contributed by atoms with Gasteiger partial charge in [0.25, 0.3) is 0 Å². The number of hydrogen-bond donors (Lipinski definition) is 1. The van der Waals surface area contributed by atoms with Gasteiger partial charge in [-0.05, 0) is 18.3 Å². The van der Waals surface area contributed by atoms with Crippen molar-refractivity contribution in [1.82, 2.24) is 10.1 Å². The Morgan fingerprint density at radius 2 is 2.00 bits per heavy atom. The summed E-state index contributed by atoms with van der Waals surface area (Å²) in [7, 11) is 0. The van der Waals surface area contributed by atoms with E-state index in [0.717, 1.165) is 31.9 Å². The summed E-state index contributed by atoms with van der Waals surface area (Å²) in [4.78, 5) is 4.39. The van der Waals surface area contributed by atoms with E-state index in [4.69, 9.17) is 9.26 Å². The van der Waals surface area contributed by atoms with E-state index in [0.29, 0.717) is 18.2 Å². The van der Waals surface area contributed by atoms with Gasteiger partial charge in [0.05, 0.1) is 12.5 Å². The van der Waals surface area contributed by atoms with E-state index in [2.05, 4.69) is 10.1 Å². The molecule has 1 unspecified atom stereocenters. The summed E-state index contributed by atoms with van der Waals surface area (Å²) in [6.07, 6.45) is 1.84. The lowest BCUT2D eigenvalue weighted by molar-refractivity contribution is 0.0565. The Morgan fingerprint density at radius 3 is 2.61 bits per heavy atom. The highest BCUT2D eigenvalue weighted by atomic mass is 16.5. The third kappa shape index (κ3) is 3.29. The van der Waals surface area contributed by atoms with Crippen molar-refractivity contribution >= 4 is 0 Å². The fourth-order valence-corrected chi connectivity index (χ4v) is 1.94. The van der Waals surface area contributed by atoms with Crippen LogP contribution in [0.3, 0.4) is 0 Å². The first kappa shape index (κ1) is 13.5. The van der Waals surface area contributed by atoms with Gasteiger partial charge in [-0.1, -0.05) is 25.9 Å². The summed E-state index contributed by atoms with van der Waals surface area (Å²) in [6, 6.07) is 0. The molecule has 0 aromatic carbocycles. The third-order valence-electron chi connectivity index (χ3n) is 3.44. The Morgan fingerprint density at radius 1 is 1.33 bits per heavy atom. The zero-order chi connectivity index (χ0) is 13.2. The smallest absolute Gasteiger partial charge is 0.229 e. The summed E-state index contributed by atoms with van der Waals surface area (Å²) in [5.74, 6) is 1.62. The molecular formula is C13H22N2O3. The van der Waals surface area contributed by atoms with Crippen molar-refractivity contribution in [1.29, 1.82) is 0 Å². The van der Waals surface area contributed by atoms with E-state index >= 15 is 0 Å². The van der Waals surface area contributed by atoms with E-state index in [1.807, 2.05) is 20.8 Å². The maximum absolute atomic E-state index is 10.0. The molecule has 2 rings (SSSR count). The van der Waals surface area contributed by atoms with Crippen molar-refractivity contribution in [2.75, 3.05) is 13.2 Å². The second kappa shape index (κ2) is 5.36. The molecule has 1 N–H and O–H groups in total. The Balaban J connectivity index is 1.97. The van der Waals surface area contributed by atoms with Crippen molar-refractivity contribution < 1.29 is 14.4 Å². The average Bonchev–Trinajstić information content (AvgIpc) is 2.77. The normalized spacial score (nSPS) is 20.0. The number of aliphatic hydroxyl groups is 1. The molecule has 1 saturated heterocycles. The Hall–Kier alpha value is -0.940. The molecule has 1 aliphatic rings. The first-order chi connectivity index (χ1) is 8.47. The van der Waals surface area contributed by atoms with Crippen molar-refractivity contribution in [2.45, 2.75) is 52.1 Å². The van der Waals surface area contributed by atoms with Gasteiger partial charge in [0.15, 0.2) is 5.82 Å². The molecule has 1 atom stereocenters. The van der Waals surface area contributed by atoms with Gasteiger partial charge >= 0.3 is 0 Å². The van der Waals surface area contributed by atoms with Crippen LogP contribution in [0.15, 0.2) is 4.52 Å². The molecule has 0 radical (unpaired) electrons. The van der Waals surface area contributed by atoms with Gasteiger partial charge in [0.1, 0.15) is 0 Å². The predicted molar refractivity (Wildman–Crippen MR) is 66.3 cm³/mol. The van der Waals surface area contributed by atoms with Crippen LogP contribution in [0.25, 0.3) is 0 Å². The summed E-state index contributed by atoms with van der Waals surface area (Å²) >= 11 is 0. The van der Waals surface area contributed by atoms with Gasteiger partial charge in [-0.3, -0.25) is 0 Å². The standard InChI is InChI=1S/C13H22N2O3/c1-13(2,3)10(16)8-11-14-12(15-18-11)9-4-6-17-7-5-9/h9-10,16H,4-8H2,1-3H3. The predicted octanol–water partition coefficient (Wildman–Crippen LogP) is 1.91. The van der Waals surface area contributed by atoms with E-state index in [9.17, 15) is 5.11 Å². The molecule has 1 fully saturated rings. The van der Waals surface area contributed by atoms with Crippen molar-refractivity contribution in [3.8, 4) is 0 Å². The van der Waals surface area contributed by atoms with Crippen LogP contribution in [0.1, 0.15) is 51.2 Å². The molecule has 1 aromatic heterocycles. The maximum atomic E-state index is 10.0. The topological polar surface area (TPSA) is 68.4 Å². The van der Waals surface area contributed by atoms with Crippen molar-refractivity contribution in [3.63, 3.8) is 0 Å². The molecule has 2 heterocycles. The first-order valence-electron chi connectivity index (χ1n) is 6.55. The molecule has 1 aliphatic heterocycles. The molecule has 0 amide bonds. The van der Waals surface area contributed by atoms with Crippen LogP contribution < -0.4 is 0 Å². The van der Waals surface area contributed by atoms with Crippen molar-refractivity contribution in [3.05, 3.63) is 11.7 Å². The van der Waals surface area contributed by atoms with E-state index in [1.54, 1.807) is 0 Å². The zero-order valence-electron chi connectivity index (χ0n) is 11.3. The fraction of sp³-hybridized carbons (Fsp3) is 0.846. The van der Waals surface area contributed by atoms with Gasteiger partial charge < -0.3 is 14.4 Å². The summed E-state index contributed by atoms with van der Waals surface area (Å²) in [6.45, 7) is 7.51. The van der Waals surface area contributed by atoms with Gasteiger partial charge in [-0.15, -0.1) is 0 Å². The number of aromatic nitrogens is 2. The molecule has 0 aliphatic carbocycles. The largest absolute Gasteiger partial charge is 0.392 e. The van der Waals surface area contributed by atoms with Crippen LogP contribution in [0.4, 0.5) is 0 Å². The van der Waals surface area contributed by atoms with Gasteiger partial charge in [0.2, 0.25) is 5.89 Å². The quantitative estimate of drug-likeness (QED) is 0.892. The summed E-state index contributed by atoms with van der Waals surface area (Å²) in [5.41, 5.74) is -0.173. The summed E-state index contributed by atoms with van der Waals surface area (Å²) < 4.78 is 10.5. The van der Waals surface area contributed by atoms with Crippen LogP contribution in [-0.4, -0.2) is 34.6 Å². The number of nitrogens with zero attached hydrogens (tertiary/aromatic N) is 2. The average molecular weight is 254 g/mol. The molecule has 5 nitrogen and oxygen atoms in total. The molecule has 0 bridgehead atoms. The Bertz CT molecular complexity index is 378. The van der Waals surface area contributed by atoms with Crippen LogP contribution >= 0.6 is 0 Å². The maximum Gasteiger partial charge on any atom is 0.229 e. The second-order valence-electron chi connectivity index (χ2n) is 6.02. The highest BCUT2D eigenvalue weighted by molar-refractivity contribution is 4.98. The van der Waals surface area contributed by atoms with E-state index < -0.39 is 6.10 Å². The minimum absolute atomic E-state index is 0.173. The second-order valence-corrected chi connectivity index (χ2v) is 6.02. The van der Waals surface area contributed by atoms with Crippen molar-refractivity contribution in [2.24, 2.45) is 5.41 Å². The molecule has 0 spiro atoms. The highest BCUT2D eigenvalue weighted by Crippen LogP contribution is 2.26. The monoisotopic (exact) mass is 254 g/mol. The number of ether oxygens (including phenoxy) is 1. The molecule has 102 valence electrons. The molecule has 0 saturated carbocycles. The minimum atomic E-state index is -0.472. The Labute approximate surface area is 108 Å². The van der Waals surface area contributed by atoms with Crippen LogP contribution in [0.5, 0.6) is 0 Å². The molecular weight excluding hydrogens is 232 g/mol. The van der Waals surface area contributed by atoms with Gasteiger partial charge in [-0.2, -0.15) is 4.98 Å². The lowest BCUT2D eigenvalue weighted by Crippen LogP contribution is -2.28. The number of aliphatic hydroxyl groups excluding tert-OH is 1. The summed E-state index contributed by atoms with van der Waals surface area (Å²) in [5, 5.41) is 14.0. The third-order valence-corrected chi connectivity index (χ3v) is 3.44. The van der Waals surface area contributed by atoms with E-state index in [-0.39, 0.29) is 5.41 Å². The fourth-order valence-electron chi connectivity index (χ4n) is 1.94. The molecule has 5 heteroatoms. The highest BCUT2D eigenvalue weighted by Gasteiger charge is 2.26. The van der Waals surface area contributed by atoms with Gasteiger partial charge in [0, 0.05) is 19.1 Å². The number of rotatable bonds is 3. The lowest BCUT2D eigenvalue weighted by Gasteiger charge is -2.24. The molecule has 18 heavy (non-hydrogen) atoms. The minimum Gasteiger partial charge on any atom is -0.392 e. The Kier molecular flexibility index (Phi) is 4.02. The van der Waals surface area contributed by atoms with Crippen LogP contribution in [0, 0.1) is 5.41 Å². The SMILES string of the molecule is CC(C)(C)C(O)Cc1nc(C2CCOCC2)no1. The van der Waals surface area contributed by atoms with Crippen LogP contribution in [0.2, 0.25) is 0 Å². The van der Waals surface area contributed by atoms with Crippen LogP contribution in [-0.2, 0) is 11.2 Å². The lowest BCUT2D eigenvalue weighted by atomic mass is 9.87. The zero-order valence-corrected chi connectivity index (χ0v) is 11.3. The first-order valence-corrected chi connectivity index (χ1v) is 6.55. The van der Waals surface area contributed by atoms with E-state index in [1.165, 1.54) is 0 Å². The van der Waals surface area contributed by atoms with Gasteiger partial charge in [-0.25, -0.2) is 0 Å². The number of hydrogen-bond acceptors (Lipinski definition) is 5.